The second kappa shape index (κ2) is 4.03. The van der Waals surface area contributed by atoms with Crippen molar-refractivity contribution in [3.05, 3.63) is 54.0 Å². The lowest BCUT2D eigenvalue weighted by Crippen LogP contribution is -2.02. The highest BCUT2D eigenvalue weighted by Gasteiger charge is 2.12. The van der Waals surface area contributed by atoms with Crippen molar-refractivity contribution in [1.29, 1.82) is 0 Å². The Balaban J connectivity index is 2.09. The van der Waals surface area contributed by atoms with E-state index in [0.717, 1.165) is 22.6 Å². The number of benzene rings is 1. The van der Waals surface area contributed by atoms with Crippen LogP contribution in [0.1, 0.15) is 16.1 Å². The molecule has 0 atom stereocenters. The minimum atomic E-state index is -0.142. The summed E-state index contributed by atoms with van der Waals surface area (Å²) < 4.78 is 7.75. The van der Waals surface area contributed by atoms with Crippen molar-refractivity contribution in [2.45, 2.75) is 0 Å². The molecule has 2 aromatic heterocycles. The Morgan fingerprint density at radius 3 is 2.88 bits per heavy atom. The Hall–Kier alpha value is -2.14. The molecule has 1 aromatic carbocycles. The van der Waals surface area contributed by atoms with Crippen molar-refractivity contribution in [2.75, 3.05) is 0 Å². The summed E-state index contributed by atoms with van der Waals surface area (Å²) in [6.45, 7) is 0. The van der Waals surface area contributed by atoms with Crippen molar-refractivity contribution < 1.29 is 4.79 Å². The van der Waals surface area contributed by atoms with E-state index in [2.05, 4.69) is 13.7 Å². The van der Waals surface area contributed by atoms with E-state index in [1.54, 1.807) is 6.20 Å². The summed E-state index contributed by atoms with van der Waals surface area (Å²) in [7, 11) is 0. The third-order valence-electron chi connectivity index (χ3n) is 2.45. The van der Waals surface area contributed by atoms with Crippen molar-refractivity contribution in [3.8, 4) is 0 Å². The summed E-state index contributed by atoms with van der Waals surface area (Å²) in [6, 6.07) is 9.50. The normalized spacial score (nSPS) is 10.6. The Kier molecular flexibility index (Phi) is 2.38. The molecule has 0 unspecified atom stereocenters. The third-order valence-corrected chi connectivity index (χ3v) is 2.92. The van der Waals surface area contributed by atoms with Gasteiger partial charge in [0.2, 0.25) is 5.78 Å². The van der Waals surface area contributed by atoms with Crippen molar-refractivity contribution in [2.24, 2.45) is 0 Å². The molecule has 0 spiro atoms. The van der Waals surface area contributed by atoms with E-state index in [-0.39, 0.29) is 5.78 Å². The number of fused-ring (bicyclic) bond motifs is 1. The highest BCUT2D eigenvalue weighted by atomic mass is 32.1. The standard InChI is InChI=1S/C12H7N3OS/c16-12(11-7-14-17-15-11)9-5-8-3-1-2-4-10(8)13-6-9/h1-7H. The molecule has 2 heterocycles. The number of rotatable bonds is 2. The van der Waals surface area contributed by atoms with E-state index in [0.29, 0.717) is 11.3 Å². The first-order valence-corrected chi connectivity index (χ1v) is 5.75. The molecular weight excluding hydrogens is 234 g/mol. The van der Waals surface area contributed by atoms with Crippen molar-refractivity contribution >= 4 is 28.4 Å². The second-order valence-corrected chi connectivity index (χ2v) is 4.10. The molecule has 4 nitrogen and oxygen atoms in total. The number of aromatic nitrogens is 3. The van der Waals surface area contributed by atoms with Gasteiger partial charge in [-0.3, -0.25) is 9.78 Å². The van der Waals surface area contributed by atoms with Gasteiger partial charge in [-0.2, -0.15) is 8.75 Å². The zero-order valence-corrected chi connectivity index (χ0v) is 9.52. The molecule has 0 saturated carbocycles. The van der Waals surface area contributed by atoms with E-state index >= 15 is 0 Å². The second-order valence-electron chi connectivity index (χ2n) is 3.54. The van der Waals surface area contributed by atoms with Gasteiger partial charge >= 0.3 is 0 Å². The molecule has 17 heavy (non-hydrogen) atoms. The summed E-state index contributed by atoms with van der Waals surface area (Å²) in [6.07, 6.45) is 3.05. The van der Waals surface area contributed by atoms with Gasteiger partial charge in [0.05, 0.1) is 23.4 Å². The molecule has 5 heteroatoms. The van der Waals surface area contributed by atoms with Crippen LogP contribution in [0.3, 0.4) is 0 Å². The molecule has 0 aliphatic heterocycles. The molecule has 0 aliphatic carbocycles. The largest absolute Gasteiger partial charge is 0.287 e. The summed E-state index contributed by atoms with van der Waals surface area (Å²) in [4.78, 5) is 16.3. The van der Waals surface area contributed by atoms with Gasteiger partial charge in [-0.15, -0.1) is 0 Å². The fourth-order valence-electron chi connectivity index (χ4n) is 1.61. The molecule has 3 aromatic rings. The van der Waals surface area contributed by atoms with E-state index in [4.69, 9.17) is 0 Å². The maximum Gasteiger partial charge on any atom is 0.215 e. The number of hydrogen-bond donors (Lipinski definition) is 0. The Bertz CT molecular complexity index is 679. The highest BCUT2D eigenvalue weighted by Crippen LogP contribution is 2.15. The molecule has 0 amide bonds. The quantitative estimate of drug-likeness (QED) is 0.646. The van der Waals surface area contributed by atoms with E-state index in [9.17, 15) is 4.79 Å². The van der Waals surface area contributed by atoms with Gasteiger partial charge in [0.1, 0.15) is 5.69 Å². The van der Waals surface area contributed by atoms with Crippen LogP contribution >= 0.6 is 11.7 Å². The summed E-state index contributed by atoms with van der Waals surface area (Å²) in [5.74, 6) is -0.142. The average Bonchev–Trinajstić information content (AvgIpc) is 2.91. The zero-order chi connectivity index (χ0) is 11.7. The predicted octanol–water partition coefficient (Wildman–Crippen LogP) is 2.32. The number of para-hydroxylation sites is 1. The number of carbonyl (C=O) groups is 1. The van der Waals surface area contributed by atoms with E-state index in [1.165, 1.54) is 6.20 Å². The zero-order valence-electron chi connectivity index (χ0n) is 8.70. The number of hydrogen-bond acceptors (Lipinski definition) is 5. The number of nitrogens with zero attached hydrogens (tertiary/aromatic N) is 3. The van der Waals surface area contributed by atoms with Crippen LogP contribution in [0.4, 0.5) is 0 Å². The monoisotopic (exact) mass is 241 g/mol. The van der Waals surface area contributed by atoms with Crippen LogP contribution < -0.4 is 0 Å². The molecule has 0 fully saturated rings. The Morgan fingerprint density at radius 2 is 2.06 bits per heavy atom. The molecule has 0 N–H and O–H groups in total. The SMILES string of the molecule is O=C(c1cnc2ccccc2c1)c1cnsn1. The minimum Gasteiger partial charge on any atom is -0.287 e. The van der Waals surface area contributed by atoms with Crippen molar-refractivity contribution in [1.82, 2.24) is 13.7 Å². The Morgan fingerprint density at radius 1 is 1.18 bits per heavy atom. The lowest BCUT2D eigenvalue weighted by atomic mass is 10.1. The van der Waals surface area contributed by atoms with Crippen LogP contribution in [0, 0.1) is 0 Å². The van der Waals surface area contributed by atoms with Crippen LogP contribution in [0.2, 0.25) is 0 Å². The predicted molar refractivity (Wildman–Crippen MR) is 65.1 cm³/mol. The van der Waals surface area contributed by atoms with E-state index < -0.39 is 0 Å². The van der Waals surface area contributed by atoms with Crippen LogP contribution in [-0.4, -0.2) is 19.5 Å². The van der Waals surface area contributed by atoms with Gasteiger partial charge in [0.15, 0.2) is 0 Å². The van der Waals surface area contributed by atoms with E-state index in [1.807, 2.05) is 30.3 Å². The fourth-order valence-corrected chi connectivity index (χ4v) is 2.02. The third kappa shape index (κ3) is 1.81. The number of carbonyl (C=O) groups excluding carboxylic acids is 1. The molecule has 0 aliphatic rings. The first kappa shape index (κ1) is 10.0. The van der Waals surface area contributed by atoms with Gasteiger partial charge in [-0.25, -0.2) is 0 Å². The van der Waals surface area contributed by atoms with Gasteiger partial charge in [0.25, 0.3) is 0 Å². The molecule has 3 rings (SSSR count). The average molecular weight is 241 g/mol. The van der Waals surface area contributed by atoms with Crippen LogP contribution in [0.15, 0.2) is 42.7 Å². The summed E-state index contributed by atoms with van der Waals surface area (Å²) in [5, 5.41) is 0.946. The molecule has 0 radical (unpaired) electrons. The number of pyridine rings is 1. The van der Waals surface area contributed by atoms with Crippen LogP contribution in [0.5, 0.6) is 0 Å². The maximum absolute atomic E-state index is 12.0. The topological polar surface area (TPSA) is 55.7 Å². The van der Waals surface area contributed by atoms with Gasteiger partial charge in [-0.1, -0.05) is 18.2 Å². The highest BCUT2D eigenvalue weighted by molar-refractivity contribution is 6.99. The van der Waals surface area contributed by atoms with Crippen LogP contribution in [-0.2, 0) is 0 Å². The molecule has 0 saturated heterocycles. The minimum absolute atomic E-state index is 0.142. The van der Waals surface area contributed by atoms with Gasteiger partial charge < -0.3 is 0 Å². The number of ketones is 1. The lowest BCUT2D eigenvalue weighted by Gasteiger charge is -1.99. The fraction of sp³-hybridized carbons (Fsp3) is 0. The first-order valence-electron chi connectivity index (χ1n) is 5.01. The lowest BCUT2D eigenvalue weighted by molar-refractivity contribution is 0.103. The Labute approximate surface area is 101 Å². The first-order chi connectivity index (χ1) is 8.34. The summed E-state index contributed by atoms with van der Waals surface area (Å²) >= 11 is 1.02. The van der Waals surface area contributed by atoms with Gasteiger partial charge in [0, 0.05) is 17.1 Å². The molecule has 0 bridgehead atoms. The molecule has 82 valence electrons. The van der Waals surface area contributed by atoms with Crippen molar-refractivity contribution in [3.63, 3.8) is 0 Å². The smallest absolute Gasteiger partial charge is 0.215 e. The summed E-state index contributed by atoms with van der Waals surface area (Å²) in [5.41, 5.74) is 1.78. The van der Waals surface area contributed by atoms with Gasteiger partial charge in [-0.05, 0) is 12.1 Å². The maximum atomic E-state index is 12.0. The molecular formula is C12H7N3OS. The van der Waals surface area contributed by atoms with Crippen LogP contribution in [0.25, 0.3) is 10.9 Å².